The van der Waals surface area contributed by atoms with Gasteiger partial charge in [-0.3, -0.25) is 4.79 Å². The molecule has 0 aromatic heterocycles. The Morgan fingerprint density at radius 2 is 2.10 bits per heavy atom. The predicted molar refractivity (Wildman–Crippen MR) is 78.0 cm³/mol. The molecule has 0 aliphatic carbocycles. The number of hydrogen-bond acceptors (Lipinski definition) is 2. The van der Waals surface area contributed by atoms with E-state index in [1.54, 1.807) is 12.1 Å². The van der Waals surface area contributed by atoms with Crippen molar-refractivity contribution < 1.29 is 9.18 Å². The number of nitrogens with zero attached hydrogens (tertiary/aromatic N) is 1. The van der Waals surface area contributed by atoms with Gasteiger partial charge in [-0.1, -0.05) is 12.1 Å². The van der Waals surface area contributed by atoms with Crippen LogP contribution < -0.4 is 5.32 Å². The number of benzene rings is 1. The first-order valence-electron chi connectivity index (χ1n) is 7.33. The van der Waals surface area contributed by atoms with Gasteiger partial charge in [-0.15, -0.1) is 0 Å². The third-order valence-corrected chi connectivity index (χ3v) is 3.79. The van der Waals surface area contributed by atoms with Crippen molar-refractivity contribution in [1.29, 1.82) is 0 Å². The molecule has 0 spiro atoms. The second-order valence-electron chi connectivity index (χ2n) is 5.74. The summed E-state index contributed by atoms with van der Waals surface area (Å²) in [6, 6.07) is 6.76. The number of halogens is 1. The smallest absolute Gasteiger partial charge is 0.227 e. The quantitative estimate of drug-likeness (QED) is 0.896. The minimum Gasteiger partial charge on any atom is -0.338 e. The van der Waals surface area contributed by atoms with Gasteiger partial charge in [-0.25, -0.2) is 4.39 Å². The van der Waals surface area contributed by atoms with Gasteiger partial charge >= 0.3 is 0 Å². The van der Waals surface area contributed by atoms with Gasteiger partial charge in [-0.05, 0) is 50.9 Å². The lowest BCUT2D eigenvalue weighted by Gasteiger charge is -2.29. The van der Waals surface area contributed by atoms with Crippen molar-refractivity contribution in [1.82, 2.24) is 10.2 Å². The van der Waals surface area contributed by atoms with Gasteiger partial charge in [0.1, 0.15) is 5.82 Å². The van der Waals surface area contributed by atoms with E-state index in [2.05, 4.69) is 5.32 Å². The molecular formula is C16H23FN2O. The normalized spacial score (nSPS) is 18.5. The molecule has 1 amide bonds. The first-order chi connectivity index (χ1) is 9.56. The molecule has 110 valence electrons. The first kappa shape index (κ1) is 15.0. The summed E-state index contributed by atoms with van der Waals surface area (Å²) in [6.45, 7) is 5.88. The van der Waals surface area contributed by atoms with E-state index < -0.39 is 0 Å². The van der Waals surface area contributed by atoms with Gasteiger partial charge in [0.2, 0.25) is 5.91 Å². The first-order valence-corrected chi connectivity index (χ1v) is 7.33. The average molecular weight is 278 g/mol. The fourth-order valence-corrected chi connectivity index (χ4v) is 2.63. The molecule has 1 N–H and O–H groups in total. The number of hydrogen-bond donors (Lipinski definition) is 1. The minimum absolute atomic E-state index is 0.111. The second kappa shape index (κ2) is 6.84. The third-order valence-electron chi connectivity index (χ3n) is 3.79. The second-order valence-corrected chi connectivity index (χ2v) is 5.74. The molecule has 1 atom stereocenters. The largest absolute Gasteiger partial charge is 0.338 e. The maximum absolute atomic E-state index is 12.9. The lowest BCUT2D eigenvalue weighted by Crippen LogP contribution is -2.45. The Kier molecular flexibility index (Phi) is 5.12. The van der Waals surface area contributed by atoms with Crippen LogP contribution in [0.15, 0.2) is 24.3 Å². The molecule has 1 unspecified atom stereocenters. The number of nitrogens with one attached hydrogen (secondary N) is 1. The highest BCUT2D eigenvalue weighted by Gasteiger charge is 2.23. The number of carbonyl (C=O) groups excluding carboxylic acids is 1. The van der Waals surface area contributed by atoms with Gasteiger partial charge < -0.3 is 10.2 Å². The molecule has 4 heteroatoms. The van der Waals surface area contributed by atoms with Crippen LogP contribution in [-0.4, -0.2) is 36.0 Å². The number of amides is 1. The van der Waals surface area contributed by atoms with Crippen LogP contribution in [-0.2, 0) is 11.2 Å². The van der Waals surface area contributed by atoms with Crippen LogP contribution in [0.4, 0.5) is 4.39 Å². The summed E-state index contributed by atoms with van der Waals surface area (Å²) >= 11 is 0. The highest BCUT2D eigenvalue weighted by atomic mass is 19.1. The van der Waals surface area contributed by atoms with E-state index in [4.69, 9.17) is 0 Å². The number of rotatable bonds is 5. The average Bonchev–Trinajstić information content (AvgIpc) is 2.91. The highest BCUT2D eigenvalue weighted by Crippen LogP contribution is 2.12. The van der Waals surface area contributed by atoms with Crippen molar-refractivity contribution in [2.24, 2.45) is 0 Å². The van der Waals surface area contributed by atoms with Crippen LogP contribution in [0.2, 0.25) is 0 Å². The van der Waals surface area contributed by atoms with E-state index in [0.29, 0.717) is 12.5 Å². The van der Waals surface area contributed by atoms with Crippen molar-refractivity contribution in [3.05, 3.63) is 35.6 Å². The standard InChI is InChI=1S/C16H23FN2O/c1-12(2)19(11-15-4-3-9-18-15)16(20)10-13-5-7-14(17)8-6-13/h5-8,12,15,18H,3-4,9-11H2,1-2H3. The van der Waals surface area contributed by atoms with Crippen molar-refractivity contribution in [2.75, 3.05) is 13.1 Å². The van der Waals surface area contributed by atoms with E-state index in [9.17, 15) is 9.18 Å². The lowest BCUT2D eigenvalue weighted by atomic mass is 10.1. The Morgan fingerprint density at radius 1 is 1.40 bits per heavy atom. The van der Waals surface area contributed by atoms with Gasteiger partial charge in [0.25, 0.3) is 0 Å². The molecule has 3 nitrogen and oxygen atoms in total. The Balaban J connectivity index is 1.97. The van der Waals surface area contributed by atoms with Gasteiger partial charge in [0.05, 0.1) is 6.42 Å². The molecule has 1 heterocycles. The monoisotopic (exact) mass is 278 g/mol. The molecule has 1 saturated heterocycles. The van der Waals surface area contributed by atoms with Gasteiger partial charge in [0, 0.05) is 18.6 Å². The highest BCUT2D eigenvalue weighted by molar-refractivity contribution is 5.79. The lowest BCUT2D eigenvalue weighted by molar-refractivity contribution is -0.132. The summed E-state index contributed by atoms with van der Waals surface area (Å²) in [4.78, 5) is 14.4. The summed E-state index contributed by atoms with van der Waals surface area (Å²) in [5.74, 6) is -0.155. The molecular weight excluding hydrogens is 255 g/mol. The van der Waals surface area contributed by atoms with Gasteiger partial charge in [-0.2, -0.15) is 0 Å². The molecule has 0 bridgehead atoms. The minimum atomic E-state index is -0.267. The maximum atomic E-state index is 12.9. The predicted octanol–water partition coefficient (Wildman–Crippen LogP) is 2.36. The van der Waals surface area contributed by atoms with Crippen molar-refractivity contribution in [2.45, 2.75) is 45.2 Å². The molecule has 1 aromatic carbocycles. The zero-order valence-electron chi connectivity index (χ0n) is 12.2. The molecule has 1 fully saturated rings. The van der Waals surface area contributed by atoms with Crippen LogP contribution in [0, 0.1) is 5.82 Å². The molecule has 0 radical (unpaired) electrons. The molecule has 2 rings (SSSR count). The van der Waals surface area contributed by atoms with E-state index in [1.165, 1.54) is 18.6 Å². The summed E-state index contributed by atoms with van der Waals surface area (Å²) in [5.41, 5.74) is 0.862. The van der Waals surface area contributed by atoms with Crippen LogP contribution in [0.1, 0.15) is 32.3 Å². The Bertz CT molecular complexity index is 438. The maximum Gasteiger partial charge on any atom is 0.227 e. The number of carbonyl (C=O) groups is 1. The fourth-order valence-electron chi connectivity index (χ4n) is 2.63. The fraction of sp³-hybridized carbons (Fsp3) is 0.562. The Hall–Kier alpha value is -1.42. The zero-order chi connectivity index (χ0) is 14.5. The topological polar surface area (TPSA) is 32.3 Å². The van der Waals surface area contributed by atoms with E-state index >= 15 is 0 Å². The van der Waals surface area contributed by atoms with Gasteiger partial charge in [0.15, 0.2) is 0 Å². The van der Waals surface area contributed by atoms with Crippen LogP contribution >= 0.6 is 0 Å². The van der Waals surface area contributed by atoms with E-state index in [-0.39, 0.29) is 17.8 Å². The van der Waals surface area contributed by atoms with E-state index in [0.717, 1.165) is 25.1 Å². The molecule has 1 aliphatic rings. The van der Waals surface area contributed by atoms with Crippen LogP contribution in [0.5, 0.6) is 0 Å². The van der Waals surface area contributed by atoms with Crippen molar-refractivity contribution in [3.8, 4) is 0 Å². The van der Waals surface area contributed by atoms with E-state index in [1.807, 2.05) is 18.7 Å². The summed E-state index contributed by atoms with van der Waals surface area (Å²) in [6.07, 6.45) is 2.65. The SMILES string of the molecule is CC(C)N(CC1CCCN1)C(=O)Cc1ccc(F)cc1. The molecule has 1 aromatic rings. The van der Waals surface area contributed by atoms with Crippen LogP contribution in [0.25, 0.3) is 0 Å². The van der Waals surface area contributed by atoms with Crippen molar-refractivity contribution >= 4 is 5.91 Å². The Morgan fingerprint density at radius 3 is 2.65 bits per heavy atom. The zero-order valence-corrected chi connectivity index (χ0v) is 12.2. The molecule has 20 heavy (non-hydrogen) atoms. The Labute approximate surface area is 120 Å². The summed E-state index contributed by atoms with van der Waals surface area (Å²) < 4.78 is 12.9. The molecule has 0 saturated carbocycles. The summed E-state index contributed by atoms with van der Waals surface area (Å²) in [7, 11) is 0. The van der Waals surface area contributed by atoms with Crippen molar-refractivity contribution in [3.63, 3.8) is 0 Å². The van der Waals surface area contributed by atoms with Crippen LogP contribution in [0.3, 0.4) is 0 Å². The molecule has 1 aliphatic heterocycles. The third kappa shape index (κ3) is 4.04. The summed E-state index contributed by atoms with van der Waals surface area (Å²) in [5, 5.41) is 3.42.